The fourth-order valence-electron chi connectivity index (χ4n) is 3.59. The fourth-order valence-corrected chi connectivity index (χ4v) is 5.58. The van der Waals surface area contributed by atoms with E-state index in [1.807, 2.05) is 6.92 Å². The second-order valence-corrected chi connectivity index (χ2v) is 9.97. The van der Waals surface area contributed by atoms with Gasteiger partial charge in [-0.25, -0.2) is 0 Å². The predicted octanol–water partition coefficient (Wildman–Crippen LogP) is 6.12. The SMILES string of the molecule is C=C(C)c1cc(I)c(Oc2ccc(CC)cc2CCCN2CCNCC2)c(I)c1. The second-order valence-electron chi connectivity index (χ2n) is 7.64. The van der Waals surface area contributed by atoms with E-state index in [2.05, 4.69) is 99.2 Å². The molecule has 0 spiro atoms. The van der Waals surface area contributed by atoms with E-state index in [1.54, 1.807) is 0 Å². The van der Waals surface area contributed by atoms with Crippen molar-refractivity contribution in [3.63, 3.8) is 0 Å². The number of hydrogen-bond donors (Lipinski definition) is 1. The fraction of sp³-hybridized carbons (Fsp3) is 0.417. The maximum absolute atomic E-state index is 6.48. The van der Waals surface area contributed by atoms with E-state index < -0.39 is 0 Å². The molecule has 1 saturated heterocycles. The summed E-state index contributed by atoms with van der Waals surface area (Å²) in [6.45, 7) is 14.0. The Morgan fingerprint density at radius 3 is 2.45 bits per heavy atom. The normalized spacial score (nSPS) is 14.8. The van der Waals surface area contributed by atoms with Crippen molar-refractivity contribution in [3.8, 4) is 11.5 Å². The first-order valence-electron chi connectivity index (χ1n) is 10.4. The van der Waals surface area contributed by atoms with Crippen LogP contribution in [0.1, 0.15) is 37.0 Å². The molecule has 1 heterocycles. The predicted molar refractivity (Wildman–Crippen MR) is 140 cm³/mol. The van der Waals surface area contributed by atoms with Gasteiger partial charge in [0.25, 0.3) is 0 Å². The van der Waals surface area contributed by atoms with E-state index in [4.69, 9.17) is 4.74 Å². The summed E-state index contributed by atoms with van der Waals surface area (Å²) >= 11 is 4.74. The van der Waals surface area contributed by atoms with Gasteiger partial charge in [0.1, 0.15) is 5.75 Å². The summed E-state index contributed by atoms with van der Waals surface area (Å²) in [5.41, 5.74) is 4.93. The Labute approximate surface area is 202 Å². The molecule has 0 saturated carbocycles. The number of piperazine rings is 1. The van der Waals surface area contributed by atoms with Crippen molar-refractivity contribution in [1.29, 1.82) is 0 Å². The first-order valence-corrected chi connectivity index (χ1v) is 12.5. The van der Waals surface area contributed by atoms with Crippen LogP contribution in [0.15, 0.2) is 36.9 Å². The zero-order valence-corrected chi connectivity index (χ0v) is 21.7. The lowest BCUT2D eigenvalue weighted by molar-refractivity contribution is 0.238. The van der Waals surface area contributed by atoms with E-state index in [1.165, 1.54) is 16.7 Å². The van der Waals surface area contributed by atoms with Crippen molar-refractivity contribution in [1.82, 2.24) is 10.2 Å². The first kappa shape index (κ1) is 23.0. The zero-order chi connectivity index (χ0) is 20.8. The van der Waals surface area contributed by atoms with E-state index in [0.717, 1.165) is 76.2 Å². The van der Waals surface area contributed by atoms with Crippen LogP contribution >= 0.6 is 45.2 Å². The Balaban J connectivity index is 1.77. The van der Waals surface area contributed by atoms with Crippen molar-refractivity contribution in [3.05, 3.63) is 60.7 Å². The van der Waals surface area contributed by atoms with Crippen molar-refractivity contribution >= 4 is 50.8 Å². The van der Waals surface area contributed by atoms with E-state index in [0.29, 0.717) is 0 Å². The summed E-state index contributed by atoms with van der Waals surface area (Å²) in [4.78, 5) is 2.56. The summed E-state index contributed by atoms with van der Waals surface area (Å²) in [7, 11) is 0. The minimum atomic E-state index is 0.948. The third-order valence-corrected chi connectivity index (χ3v) is 6.97. The highest BCUT2D eigenvalue weighted by Gasteiger charge is 2.14. The van der Waals surface area contributed by atoms with E-state index in [-0.39, 0.29) is 0 Å². The van der Waals surface area contributed by atoms with E-state index >= 15 is 0 Å². The van der Waals surface area contributed by atoms with Gasteiger partial charge in [-0.1, -0.05) is 31.2 Å². The highest BCUT2D eigenvalue weighted by molar-refractivity contribution is 14.1. The van der Waals surface area contributed by atoms with Gasteiger partial charge in [-0.2, -0.15) is 0 Å². The average molecular weight is 616 g/mol. The number of halogens is 2. The molecule has 1 aliphatic rings. The van der Waals surface area contributed by atoms with Crippen LogP contribution in [0.5, 0.6) is 11.5 Å². The molecule has 0 amide bonds. The largest absolute Gasteiger partial charge is 0.455 e. The standard InChI is InChI=1S/C24H30I2N2O/c1-4-18-7-8-23(19(14-18)6-5-11-28-12-9-27-10-13-28)29-24-21(25)15-20(17(2)3)16-22(24)26/h7-8,14-16,27H,2,4-6,9-13H2,1,3H3. The van der Waals surface area contributed by atoms with Gasteiger partial charge in [-0.15, -0.1) is 0 Å². The van der Waals surface area contributed by atoms with E-state index in [9.17, 15) is 0 Å². The number of hydrogen-bond acceptors (Lipinski definition) is 3. The second kappa shape index (κ2) is 11.1. The van der Waals surface area contributed by atoms with Crippen LogP contribution in [0.2, 0.25) is 0 Å². The van der Waals surface area contributed by atoms with Crippen molar-refractivity contribution in [2.24, 2.45) is 0 Å². The Hall–Kier alpha value is -0.640. The molecule has 2 aromatic rings. The van der Waals surface area contributed by atoms with Gasteiger partial charge in [0.2, 0.25) is 0 Å². The first-order chi connectivity index (χ1) is 14.0. The monoisotopic (exact) mass is 616 g/mol. The molecule has 5 heteroatoms. The molecule has 3 nitrogen and oxygen atoms in total. The third-order valence-electron chi connectivity index (χ3n) is 5.37. The highest BCUT2D eigenvalue weighted by atomic mass is 127. The van der Waals surface area contributed by atoms with Crippen molar-refractivity contribution < 1.29 is 4.74 Å². The molecule has 0 aliphatic carbocycles. The molecule has 156 valence electrons. The van der Waals surface area contributed by atoms with Gasteiger partial charge in [0, 0.05) is 26.2 Å². The Morgan fingerprint density at radius 2 is 1.83 bits per heavy atom. The Morgan fingerprint density at radius 1 is 1.14 bits per heavy atom. The molecule has 29 heavy (non-hydrogen) atoms. The average Bonchev–Trinajstić information content (AvgIpc) is 2.72. The minimum Gasteiger partial charge on any atom is -0.455 e. The molecule has 1 fully saturated rings. The Bertz CT molecular complexity index is 837. The van der Waals surface area contributed by atoms with Crippen LogP contribution in [-0.2, 0) is 12.8 Å². The van der Waals surface area contributed by atoms with Gasteiger partial charge in [-0.05, 0) is 113 Å². The molecular formula is C24H30I2N2O. The van der Waals surface area contributed by atoms with Crippen molar-refractivity contribution in [2.45, 2.75) is 33.1 Å². The van der Waals surface area contributed by atoms with Gasteiger partial charge < -0.3 is 15.0 Å². The van der Waals surface area contributed by atoms with Crippen LogP contribution < -0.4 is 10.1 Å². The summed E-state index contributed by atoms with van der Waals surface area (Å²) in [5, 5.41) is 3.43. The van der Waals surface area contributed by atoms with Crippen molar-refractivity contribution in [2.75, 3.05) is 32.7 Å². The minimum absolute atomic E-state index is 0.948. The van der Waals surface area contributed by atoms with Gasteiger partial charge in [0.15, 0.2) is 5.75 Å². The molecule has 0 atom stereocenters. The van der Waals surface area contributed by atoms with Crippen LogP contribution in [0, 0.1) is 7.14 Å². The summed E-state index contributed by atoms with van der Waals surface area (Å²) in [6, 6.07) is 11.0. The molecule has 3 rings (SSSR count). The third kappa shape index (κ3) is 6.42. The Kier molecular flexibility index (Phi) is 8.83. The van der Waals surface area contributed by atoms with Crippen LogP contribution in [0.3, 0.4) is 0 Å². The topological polar surface area (TPSA) is 24.5 Å². The number of rotatable bonds is 8. The molecule has 0 aromatic heterocycles. The lowest BCUT2D eigenvalue weighted by Gasteiger charge is -2.27. The number of benzene rings is 2. The quantitative estimate of drug-likeness (QED) is 0.362. The molecule has 0 bridgehead atoms. The number of nitrogens with one attached hydrogen (secondary N) is 1. The summed E-state index contributed by atoms with van der Waals surface area (Å²) in [6.07, 6.45) is 3.25. The molecule has 1 N–H and O–H groups in total. The number of aryl methyl sites for hydroxylation is 2. The zero-order valence-electron chi connectivity index (χ0n) is 17.4. The van der Waals surface area contributed by atoms with Crippen LogP contribution in [0.4, 0.5) is 0 Å². The molecule has 0 radical (unpaired) electrons. The molecule has 1 aliphatic heterocycles. The lowest BCUT2D eigenvalue weighted by atomic mass is 10.0. The summed E-state index contributed by atoms with van der Waals surface area (Å²) < 4.78 is 8.73. The summed E-state index contributed by atoms with van der Waals surface area (Å²) in [5.74, 6) is 1.94. The maximum Gasteiger partial charge on any atom is 0.154 e. The number of ether oxygens (including phenoxy) is 1. The number of allylic oxidation sites excluding steroid dienone is 1. The van der Waals surface area contributed by atoms with Crippen LogP contribution in [-0.4, -0.2) is 37.6 Å². The molecule has 0 unspecified atom stereocenters. The highest BCUT2D eigenvalue weighted by Crippen LogP contribution is 2.36. The lowest BCUT2D eigenvalue weighted by Crippen LogP contribution is -2.43. The smallest absolute Gasteiger partial charge is 0.154 e. The number of nitrogens with zero attached hydrogens (tertiary/aromatic N) is 1. The maximum atomic E-state index is 6.48. The van der Waals surface area contributed by atoms with Gasteiger partial charge in [0.05, 0.1) is 7.14 Å². The van der Waals surface area contributed by atoms with Gasteiger partial charge >= 0.3 is 0 Å². The van der Waals surface area contributed by atoms with Crippen LogP contribution in [0.25, 0.3) is 5.57 Å². The van der Waals surface area contributed by atoms with Gasteiger partial charge in [-0.3, -0.25) is 0 Å². The molecule has 2 aromatic carbocycles. The molecular weight excluding hydrogens is 586 g/mol.